The van der Waals surface area contributed by atoms with Crippen molar-refractivity contribution in [2.75, 3.05) is 19.8 Å². The molecule has 0 aliphatic carbocycles. The SMILES string of the molecule is CC(C)C[C@H]1NC(=O)CC[C@@H](C(=O)NCCOc2ccc(F)cc2)NC(=O)c2ccccc2OC[C@H](C(C)C)NC1=O. The summed E-state index contributed by atoms with van der Waals surface area (Å²) in [5, 5.41) is 11.3. The highest BCUT2D eigenvalue weighted by atomic mass is 19.1. The number of fused-ring (bicyclic) bond motifs is 1. The molecule has 0 radical (unpaired) electrons. The van der Waals surface area contributed by atoms with Crippen LogP contribution in [-0.2, 0) is 14.4 Å². The van der Waals surface area contributed by atoms with Crippen LogP contribution in [0.3, 0.4) is 0 Å². The van der Waals surface area contributed by atoms with Crippen molar-refractivity contribution in [1.29, 1.82) is 0 Å². The smallest absolute Gasteiger partial charge is 0.255 e. The van der Waals surface area contributed by atoms with Crippen molar-refractivity contribution in [1.82, 2.24) is 21.3 Å². The van der Waals surface area contributed by atoms with Crippen molar-refractivity contribution >= 4 is 23.6 Å². The standard InChI is InChI=1S/C31H41FN4O6/c1-19(2)17-25-31(40)36-26(20(3)4)18-42-27-8-6-5-7-23(27)29(38)35-24(13-14-28(37)34-25)30(39)33-15-16-41-22-11-9-21(32)10-12-22/h5-12,19-20,24-26H,13-18H2,1-4H3,(H,33,39)(H,34,37)(H,35,38)(H,36,40)/t24-,25+,26+/m0/s1. The molecule has 4 N–H and O–H groups in total. The molecule has 1 heterocycles. The summed E-state index contributed by atoms with van der Waals surface area (Å²) in [7, 11) is 0. The van der Waals surface area contributed by atoms with Gasteiger partial charge in [0.2, 0.25) is 17.7 Å². The Labute approximate surface area is 246 Å². The van der Waals surface area contributed by atoms with Crippen LogP contribution in [0.2, 0.25) is 0 Å². The number of rotatable bonds is 8. The molecule has 10 nitrogen and oxygen atoms in total. The van der Waals surface area contributed by atoms with Crippen LogP contribution in [0.15, 0.2) is 48.5 Å². The molecule has 42 heavy (non-hydrogen) atoms. The molecular formula is C31H41FN4O6. The molecule has 0 saturated carbocycles. The van der Waals surface area contributed by atoms with Crippen LogP contribution >= 0.6 is 0 Å². The number of nitrogens with one attached hydrogen (secondary N) is 4. The number of amides is 4. The van der Waals surface area contributed by atoms with Gasteiger partial charge < -0.3 is 30.7 Å². The van der Waals surface area contributed by atoms with Crippen molar-refractivity contribution < 1.29 is 33.0 Å². The third kappa shape index (κ3) is 10.0. The predicted octanol–water partition coefficient (Wildman–Crippen LogP) is 2.96. The summed E-state index contributed by atoms with van der Waals surface area (Å²) >= 11 is 0. The fourth-order valence-corrected chi connectivity index (χ4v) is 4.39. The van der Waals surface area contributed by atoms with Gasteiger partial charge in [0.1, 0.15) is 42.6 Å². The van der Waals surface area contributed by atoms with Crippen LogP contribution in [-0.4, -0.2) is 61.5 Å². The van der Waals surface area contributed by atoms with E-state index in [0.717, 1.165) is 0 Å². The Morgan fingerprint density at radius 1 is 1.02 bits per heavy atom. The molecule has 3 rings (SSSR count). The van der Waals surface area contributed by atoms with Crippen molar-refractivity contribution in [3.05, 3.63) is 59.9 Å². The molecule has 0 aromatic heterocycles. The van der Waals surface area contributed by atoms with Gasteiger partial charge in [0.15, 0.2) is 0 Å². The number of halogens is 1. The van der Waals surface area contributed by atoms with Crippen molar-refractivity contribution in [2.24, 2.45) is 11.8 Å². The Kier molecular flexibility index (Phi) is 12.1. The quantitative estimate of drug-likeness (QED) is 0.353. The molecule has 4 amide bonds. The number of hydrogen-bond donors (Lipinski definition) is 4. The zero-order chi connectivity index (χ0) is 30.6. The maximum absolute atomic E-state index is 13.3. The van der Waals surface area contributed by atoms with Gasteiger partial charge in [0.05, 0.1) is 18.2 Å². The summed E-state index contributed by atoms with van der Waals surface area (Å²) < 4.78 is 24.6. The Morgan fingerprint density at radius 2 is 1.74 bits per heavy atom. The van der Waals surface area contributed by atoms with E-state index in [9.17, 15) is 23.6 Å². The summed E-state index contributed by atoms with van der Waals surface area (Å²) in [6.07, 6.45) is 0.328. The molecule has 0 spiro atoms. The van der Waals surface area contributed by atoms with Gasteiger partial charge >= 0.3 is 0 Å². The second kappa shape index (κ2) is 15.7. The van der Waals surface area contributed by atoms with E-state index < -0.39 is 29.8 Å². The van der Waals surface area contributed by atoms with Gasteiger partial charge in [-0.05, 0) is 61.1 Å². The normalized spacial score (nSPS) is 20.3. The van der Waals surface area contributed by atoms with Crippen LogP contribution in [0.5, 0.6) is 11.5 Å². The minimum Gasteiger partial charge on any atom is -0.492 e. The van der Waals surface area contributed by atoms with Gasteiger partial charge in [-0.1, -0.05) is 39.8 Å². The first-order valence-corrected chi connectivity index (χ1v) is 14.3. The lowest BCUT2D eigenvalue weighted by atomic mass is 10.0. The Morgan fingerprint density at radius 3 is 2.43 bits per heavy atom. The largest absolute Gasteiger partial charge is 0.492 e. The molecule has 11 heteroatoms. The van der Waals surface area contributed by atoms with E-state index >= 15 is 0 Å². The van der Waals surface area contributed by atoms with Crippen LogP contribution in [0.25, 0.3) is 0 Å². The van der Waals surface area contributed by atoms with Crippen molar-refractivity contribution in [3.8, 4) is 11.5 Å². The Balaban J connectivity index is 1.78. The van der Waals surface area contributed by atoms with Crippen molar-refractivity contribution in [2.45, 2.75) is 65.1 Å². The first-order valence-electron chi connectivity index (χ1n) is 14.3. The number of benzene rings is 2. The molecule has 3 atom stereocenters. The number of hydrogen-bond acceptors (Lipinski definition) is 6. The highest BCUT2D eigenvalue weighted by Crippen LogP contribution is 2.20. The predicted molar refractivity (Wildman–Crippen MR) is 155 cm³/mol. The number of ether oxygens (including phenoxy) is 2. The zero-order valence-corrected chi connectivity index (χ0v) is 24.6. The second-order valence-corrected chi connectivity index (χ2v) is 11.1. The van der Waals surface area contributed by atoms with Gasteiger partial charge in [0.25, 0.3) is 5.91 Å². The molecule has 0 fully saturated rings. The van der Waals surface area contributed by atoms with E-state index in [2.05, 4.69) is 21.3 Å². The number of carbonyl (C=O) groups is 4. The highest BCUT2D eigenvalue weighted by molar-refractivity contribution is 5.99. The minimum absolute atomic E-state index is 0.00408. The first kappa shape index (κ1) is 32.4. The topological polar surface area (TPSA) is 135 Å². The molecule has 1 aliphatic rings. The zero-order valence-electron chi connectivity index (χ0n) is 24.6. The maximum Gasteiger partial charge on any atom is 0.255 e. The number of para-hydroxylation sites is 1. The minimum atomic E-state index is -1.05. The third-order valence-electron chi connectivity index (χ3n) is 6.81. The molecule has 2 aromatic rings. The van der Waals surface area contributed by atoms with E-state index in [0.29, 0.717) is 17.9 Å². The summed E-state index contributed by atoms with van der Waals surface area (Å²) in [5.41, 5.74) is 0.223. The second-order valence-electron chi connectivity index (χ2n) is 11.1. The fourth-order valence-electron chi connectivity index (χ4n) is 4.39. The Bertz CT molecular complexity index is 1220. The average Bonchev–Trinajstić information content (AvgIpc) is 2.95. The molecular weight excluding hydrogens is 543 g/mol. The van der Waals surface area contributed by atoms with Gasteiger partial charge in [-0.3, -0.25) is 19.2 Å². The lowest BCUT2D eigenvalue weighted by Crippen LogP contribution is -2.53. The molecule has 0 saturated heterocycles. The summed E-state index contributed by atoms with van der Waals surface area (Å²) in [6.45, 7) is 8.15. The van der Waals surface area contributed by atoms with E-state index in [-0.39, 0.29) is 67.8 Å². The van der Waals surface area contributed by atoms with Crippen LogP contribution in [0, 0.1) is 17.7 Å². The molecule has 0 unspecified atom stereocenters. The lowest BCUT2D eigenvalue weighted by molar-refractivity contribution is -0.130. The van der Waals surface area contributed by atoms with Crippen LogP contribution < -0.4 is 30.7 Å². The molecule has 1 aliphatic heterocycles. The highest BCUT2D eigenvalue weighted by Gasteiger charge is 2.29. The first-order chi connectivity index (χ1) is 20.0. The van der Waals surface area contributed by atoms with Crippen LogP contribution in [0.4, 0.5) is 4.39 Å². The summed E-state index contributed by atoms with van der Waals surface area (Å²) in [6, 6.07) is 9.96. The lowest BCUT2D eigenvalue weighted by Gasteiger charge is -2.27. The van der Waals surface area contributed by atoms with E-state index in [1.54, 1.807) is 24.3 Å². The Hall–Kier alpha value is -4.15. The maximum atomic E-state index is 13.3. The molecule has 2 aromatic carbocycles. The van der Waals surface area contributed by atoms with Gasteiger partial charge in [-0.15, -0.1) is 0 Å². The van der Waals surface area contributed by atoms with E-state index in [1.165, 1.54) is 24.3 Å². The fraction of sp³-hybridized carbons (Fsp3) is 0.484. The van der Waals surface area contributed by atoms with Gasteiger partial charge in [-0.25, -0.2) is 4.39 Å². The molecule has 228 valence electrons. The van der Waals surface area contributed by atoms with Crippen LogP contribution in [0.1, 0.15) is 57.3 Å². The van der Waals surface area contributed by atoms with Crippen molar-refractivity contribution in [3.63, 3.8) is 0 Å². The van der Waals surface area contributed by atoms with Gasteiger partial charge in [-0.2, -0.15) is 0 Å². The van der Waals surface area contributed by atoms with Gasteiger partial charge in [0, 0.05) is 6.42 Å². The molecule has 0 bridgehead atoms. The van der Waals surface area contributed by atoms with E-state index in [1.807, 2.05) is 27.7 Å². The number of carbonyl (C=O) groups excluding carboxylic acids is 4. The average molecular weight is 585 g/mol. The third-order valence-corrected chi connectivity index (χ3v) is 6.81. The summed E-state index contributed by atoms with van der Waals surface area (Å²) in [4.78, 5) is 52.7. The van der Waals surface area contributed by atoms with E-state index in [4.69, 9.17) is 9.47 Å². The summed E-state index contributed by atoms with van der Waals surface area (Å²) in [5.74, 6) is -1.24. The monoisotopic (exact) mass is 584 g/mol.